The molecule has 0 radical (unpaired) electrons. The molecule has 0 amide bonds. The highest BCUT2D eigenvalue weighted by Gasteiger charge is 2.23. The minimum absolute atomic E-state index is 1.13. The molecule has 10 aromatic carbocycles. The molecule has 0 atom stereocenters. The van der Waals surface area contributed by atoms with Gasteiger partial charge in [0, 0.05) is 22.1 Å². The standard InChI is InChI=1S/C46H29N/c1-2-15-35(16-3-1)47(36-26-23-30-11-4-5-12-34(30)29-36)46-41-19-8-6-17-37(41)45(38-18-7-9-20-42(38)46)40-28-25-33-22-21-31-13-10-14-32-24-27-39(40)44(33)43(31)32/h1-29H. The van der Waals surface area contributed by atoms with Gasteiger partial charge in [0.25, 0.3) is 0 Å². The minimum atomic E-state index is 1.13. The molecule has 0 N–H and O–H groups in total. The van der Waals surface area contributed by atoms with Crippen LogP contribution >= 0.6 is 0 Å². The zero-order valence-electron chi connectivity index (χ0n) is 25.7. The van der Waals surface area contributed by atoms with Gasteiger partial charge in [-0.1, -0.05) is 152 Å². The zero-order valence-corrected chi connectivity index (χ0v) is 25.7. The molecule has 10 aromatic rings. The third-order valence-corrected chi connectivity index (χ3v) is 9.93. The number of para-hydroxylation sites is 1. The van der Waals surface area contributed by atoms with E-state index in [2.05, 4.69) is 181 Å². The Hall–Kier alpha value is -6.18. The quantitative estimate of drug-likeness (QED) is 0.144. The fraction of sp³-hybridized carbons (Fsp3) is 0. The van der Waals surface area contributed by atoms with E-state index in [9.17, 15) is 0 Å². The van der Waals surface area contributed by atoms with E-state index in [0.29, 0.717) is 0 Å². The van der Waals surface area contributed by atoms with Gasteiger partial charge in [-0.05, 0) is 89.3 Å². The van der Waals surface area contributed by atoms with E-state index in [4.69, 9.17) is 0 Å². The van der Waals surface area contributed by atoms with Crippen LogP contribution in [0.4, 0.5) is 17.1 Å². The van der Waals surface area contributed by atoms with Crippen molar-refractivity contribution in [3.8, 4) is 11.1 Å². The predicted octanol–water partition coefficient (Wildman–Crippen LogP) is 13.2. The third kappa shape index (κ3) is 3.90. The van der Waals surface area contributed by atoms with Crippen LogP contribution in [0.2, 0.25) is 0 Å². The zero-order chi connectivity index (χ0) is 30.9. The van der Waals surface area contributed by atoms with Gasteiger partial charge in [-0.15, -0.1) is 0 Å². The van der Waals surface area contributed by atoms with Gasteiger partial charge in [0.2, 0.25) is 0 Å². The second kappa shape index (κ2) is 10.2. The van der Waals surface area contributed by atoms with Gasteiger partial charge in [-0.2, -0.15) is 0 Å². The number of fused-ring (bicyclic) bond motifs is 3. The van der Waals surface area contributed by atoms with Gasteiger partial charge in [-0.25, -0.2) is 0 Å². The highest BCUT2D eigenvalue weighted by molar-refractivity contribution is 6.29. The largest absolute Gasteiger partial charge is 0.309 e. The minimum Gasteiger partial charge on any atom is -0.309 e. The third-order valence-electron chi connectivity index (χ3n) is 9.93. The van der Waals surface area contributed by atoms with Crippen molar-refractivity contribution < 1.29 is 0 Å². The van der Waals surface area contributed by atoms with Crippen LogP contribution in [0.25, 0.3) is 75.8 Å². The van der Waals surface area contributed by atoms with Crippen molar-refractivity contribution in [2.75, 3.05) is 4.90 Å². The number of anilines is 3. The summed E-state index contributed by atoms with van der Waals surface area (Å²) in [6.07, 6.45) is 0. The Morgan fingerprint density at radius 1 is 0.298 bits per heavy atom. The Kier molecular flexibility index (Phi) is 5.64. The van der Waals surface area contributed by atoms with Gasteiger partial charge in [-0.3, -0.25) is 0 Å². The molecule has 1 heteroatoms. The normalized spacial score (nSPS) is 11.8. The van der Waals surface area contributed by atoms with E-state index < -0.39 is 0 Å². The second-order valence-corrected chi connectivity index (χ2v) is 12.5. The highest BCUT2D eigenvalue weighted by atomic mass is 15.1. The molecule has 0 aliphatic carbocycles. The molecule has 1 nitrogen and oxygen atoms in total. The first kappa shape index (κ1) is 26.1. The predicted molar refractivity (Wildman–Crippen MR) is 203 cm³/mol. The Morgan fingerprint density at radius 3 is 1.55 bits per heavy atom. The molecule has 0 saturated heterocycles. The number of nitrogens with zero attached hydrogens (tertiary/aromatic N) is 1. The molecule has 0 aromatic heterocycles. The number of hydrogen-bond acceptors (Lipinski definition) is 1. The summed E-state index contributed by atoms with van der Waals surface area (Å²) in [5, 5.41) is 15.3. The second-order valence-electron chi connectivity index (χ2n) is 12.5. The molecular weight excluding hydrogens is 567 g/mol. The lowest BCUT2D eigenvalue weighted by molar-refractivity contribution is 1.32. The van der Waals surface area contributed by atoms with Crippen LogP contribution in [0.3, 0.4) is 0 Å². The van der Waals surface area contributed by atoms with E-state index >= 15 is 0 Å². The van der Waals surface area contributed by atoms with E-state index in [1.165, 1.54) is 81.4 Å². The monoisotopic (exact) mass is 595 g/mol. The van der Waals surface area contributed by atoms with Crippen LogP contribution in [0.5, 0.6) is 0 Å². The van der Waals surface area contributed by atoms with E-state index in [-0.39, 0.29) is 0 Å². The lowest BCUT2D eigenvalue weighted by Gasteiger charge is -2.30. The first-order chi connectivity index (χ1) is 23.3. The molecular formula is C46H29N. The summed E-state index contributed by atoms with van der Waals surface area (Å²) in [7, 11) is 0. The molecule has 0 unspecified atom stereocenters. The number of hydrogen-bond donors (Lipinski definition) is 0. The van der Waals surface area contributed by atoms with E-state index in [0.717, 1.165) is 11.4 Å². The van der Waals surface area contributed by atoms with Crippen LogP contribution in [0.15, 0.2) is 176 Å². The van der Waals surface area contributed by atoms with Crippen LogP contribution in [0, 0.1) is 0 Å². The van der Waals surface area contributed by atoms with Crippen molar-refractivity contribution >= 4 is 81.7 Å². The Labute approximate surface area is 272 Å². The lowest BCUT2D eigenvalue weighted by atomic mass is 9.85. The van der Waals surface area contributed by atoms with Crippen molar-refractivity contribution in [2.45, 2.75) is 0 Å². The summed E-state index contributed by atoms with van der Waals surface area (Å²) < 4.78 is 0. The van der Waals surface area contributed by atoms with Crippen LogP contribution in [0.1, 0.15) is 0 Å². The fourth-order valence-electron chi connectivity index (χ4n) is 7.89. The maximum Gasteiger partial charge on any atom is 0.0618 e. The fourth-order valence-corrected chi connectivity index (χ4v) is 7.89. The molecule has 218 valence electrons. The van der Waals surface area contributed by atoms with Gasteiger partial charge >= 0.3 is 0 Å². The average molecular weight is 596 g/mol. The highest BCUT2D eigenvalue weighted by Crippen LogP contribution is 2.50. The summed E-state index contributed by atoms with van der Waals surface area (Å²) in [6, 6.07) is 64.6. The van der Waals surface area contributed by atoms with Gasteiger partial charge in [0.05, 0.1) is 5.69 Å². The summed E-state index contributed by atoms with van der Waals surface area (Å²) >= 11 is 0. The maximum atomic E-state index is 2.45. The molecule has 0 bridgehead atoms. The Morgan fingerprint density at radius 2 is 0.830 bits per heavy atom. The maximum absolute atomic E-state index is 2.45. The summed E-state index contributed by atoms with van der Waals surface area (Å²) in [5.74, 6) is 0. The van der Waals surface area contributed by atoms with Crippen LogP contribution < -0.4 is 4.90 Å². The van der Waals surface area contributed by atoms with Crippen LogP contribution in [-0.2, 0) is 0 Å². The van der Waals surface area contributed by atoms with Crippen molar-refractivity contribution in [3.05, 3.63) is 176 Å². The first-order valence-corrected chi connectivity index (χ1v) is 16.3. The Bertz CT molecular complexity index is 2720. The summed E-state index contributed by atoms with van der Waals surface area (Å²) in [4.78, 5) is 2.45. The molecule has 47 heavy (non-hydrogen) atoms. The molecule has 0 saturated carbocycles. The molecule has 0 spiro atoms. The van der Waals surface area contributed by atoms with Gasteiger partial charge in [0.15, 0.2) is 0 Å². The number of benzene rings is 10. The van der Waals surface area contributed by atoms with E-state index in [1.54, 1.807) is 0 Å². The summed E-state index contributed by atoms with van der Waals surface area (Å²) in [5.41, 5.74) is 6.02. The molecule has 0 aliphatic heterocycles. The average Bonchev–Trinajstić information content (AvgIpc) is 3.14. The topological polar surface area (TPSA) is 3.24 Å². The van der Waals surface area contributed by atoms with Crippen molar-refractivity contribution in [2.24, 2.45) is 0 Å². The molecule has 10 rings (SSSR count). The van der Waals surface area contributed by atoms with Gasteiger partial charge < -0.3 is 4.90 Å². The molecule has 0 heterocycles. The smallest absolute Gasteiger partial charge is 0.0618 e. The SMILES string of the molecule is c1ccc(N(c2ccc3ccccc3c2)c2c3ccccc3c(-c3ccc4ccc5cccc6ccc3c4c56)c3ccccc23)cc1. The first-order valence-electron chi connectivity index (χ1n) is 16.3. The van der Waals surface area contributed by atoms with Crippen molar-refractivity contribution in [1.82, 2.24) is 0 Å². The number of rotatable bonds is 4. The van der Waals surface area contributed by atoms with Crippen molar-refractivity contribution in [1.29, 1.82) is 0 Å². The Balaban J connectivity index is 1.34. The summed E-state index contributed by atoms with van der Waals surface area (Å²) in [6.45, 7) is 0. The van der Waals surface area contributed by atoms with Crippen molar-refractivity contribution in [3.63, 3.8) is 0 Å². The van der Waals surface area contributed by atoms with E-state index in [1.807, 2.05) is 0 Å². The molecule has 0 fully saturated rings. The van der Waals surface area contributed by atoms with Crippen LogP contribution in [-0.4, -0.2) is 0 Å². The lowest BCUT2D eigenvalue weighted by Crippen LogP contribution is -2.11. The molecule has 0 aliphatic rings. The van der Waals surface area contributed by atoms with Gasteiger partial charge in [0.1, 0.15) is 0 Å².